The van der Waals surface area contributed by atoms with Gasteiger partial charge in [-0.25, -0.2) is 9.69 Å². The molecule has 0 radical (unpaired) electrons. The minimum absolute atomic E-state index is 0.177. The Morgan fingerprint density at radius 1 is 0.765 bits per heavy atom. The van der Waals surface area contributed by atoms with Crippen LogP contribution in [-0.4, -0.2) is 24.4 Å². The molecule has 7 rings (SSSR count). The molecule has 3 aliphatic carbocycles. The van der Waals surface area contributed by atoms with Crippen molar-refractivity contribution in [1.29, 1.82) is 0 Å². The van der Waals surface area contributed by atoms with Gasteiger partial charge in [0.2, 0.25) is 11.8 Å². The second kappa shape index (κ2) is 7.66. The zero-order valence-electron chi connectivity index (χ0n) is 19.1. The molecule has 170 valence electrons. The van der Waals surface area contributed by atoms with Crippen LogP contribution >= 0.6 is 0 Å². The third-order valence-corrected chi connectivity index (χ3v) is 7.36. The Morgan fingerprint density at radius 2 is 1.21 bits per heavy atom. The summed E-state index contributed by atoms with van der Waals surface area (Å²) in [5, 5.41) is 0. The molecule has 5 nitrogen and oxygen atoms in total. The summed E-state index contributed by atoms with van der Waals surface area (Å²) in [7, 11) is 0. The van der Waals surface area contributed by atoms with Gasteiger partial charge < -0.3 is 4.74 Å². The summed E-state index contributed by atoms with van der Waals surface area (Å²) >= 11 is 0. The molecule has 4 aliphatic rings. The van der Waals surface area contributed by atoms with Gasteiger partial charge in [-0.15, -0.1) is 0 Å². The van der Waals surface area contributed by atoms with E-state index in [1.807, 2.05) is 38.1 Å². The molecule has 0 unspecified atom stereocenters. The number of rotatable bonds is 4. The maximum absolute atomic E-state index is 14.0. The van der Waals surface area contributed by atoms with Gasteiger partial charge in [-0.1, -0.05) is 74.5 Å². The molecule has 34 heavy (non-hydrogen) atoms. The van der Waals surface area contributed by atoms with E-state index < -0.39 is 17.8 Å². The smallest absolute Gasteiger partial charge is 0.340 e. The highest BCUT2D eigenvalue weighted by molar-refractivity contribution is 6.25. The highest BCUT2D eigenvalue weighted by Crippen LogP contribution is 2.61. The van der Waals surface area contributed by atoms with Crippen LogP contribution in [0.2, 0.25) is 0 Å². The highest BCUT2D eigenvalue weighted by atomic mass is 16.5. The number of hydrogen-bond donors (Lipinski definition) is 0. The van der Waals surface area contributed by atoms with E-state index in [9.17, 15) is 14.4 Å². The fraction of sp³-hybridized carbons (Fsp3) is 0.276. The Bertz CT molecular complexity index is 1230. The number of esters is 1. The van der Waals surface area contributed by atoms with Crippen LogP contribution in [0.3, 0.4) is 0 Å². The van der Waals surface area contributed by atoms with Gasteiger partial charge in [0.05, 0.1) is 29.7 Å². The summed E-state index contributed by atoms with van der Waals surface area (Å²) in [4.78, 5) is 42.0. The van der Waals surface area contributed by atoms with E-state index in [2.05, 4.69) is 24.3 Å². The number of para-hydroxylation sites is 1. The van der Waals surface area contributed by atoms with Gasteiger partial charge in [0.25, 0.3) is 0 Å². The lowest BCUT2D eigenvalue weighted by atomic mass is 9.55. The lowest BCUT2D eigenvalue weighted by molar-refractivity contribution is -0.122. The van der Waals surface area contributed by atoms with Crippen LogP contribution in [0.15, 0.2) is 72.8 Å². The maximum atomic E-state index is 14.0. The van der Waals surface area contributed by atoms with Crippen molar-refractivity contribution in [2.24, 2.45) is 17.8 Å². The quantitative estimate of drug-likeness (QED) is 0.418. The first-order valence-electron chi connectivity index (χ1n) is 11.8. The molecule has 2 bridgehead atoms. The van der Waals surface area contributed by atoms with Crippen molar-refractivity contribution in [3.05, 3.63) is 101 Å². The summed E-state index contributed by atoms with van der Waals surface area (Å²) in [5.41, 5.74) is 5.05. The zero-order chi connectivity index (χ0) is 23.6. The molecule has 3 aromatic carbocycles. The molecular weight excluding hydrogens is 426 g/mol. The van der Waals surface area contributed by atoms with Gasteiger partial charge in [0.1, 0.15) is 0 Å². The van der Waals surface area contributed by atoms with Gasteiger partial charge >= 0.3 is 5.97 Å². The first kappa shape index (κ1) is 20.8. The normalized spacial score (nSPS) is 24.1. The van der Waals surface area contributed by atoms with Crippen molar-refractivity contribution in [2.75, 3.05) is 11.5 Å². The fourth-order valence-corrected chi connectivity index (χ4v) is 6.08. The van der Waals surface area contributed by atoms with Crippen molar-refractivity contribution >= 4 is 23.5 Å². The minimum Gasteiger partial charge on any atom is -0.462 e. The summed E-state index contributed by atoms with van der Waals surface area (Å²) in [5.74, 6) is -2.14. The lowest BCUT2D eigenvalue weighted by Gasteiger charge is -2.45. The first-order chi connectivity index (χ1) is 16.5. The van der Waals surface area contributed by atoms with E-state index in [1.165, 1.54) is 4.90 Å². The van der Waals surface area contributed by atoms with Crippen LogP contribution in [0.1, 0.15) is 58.3 Å². The van der Waals surface area contributed by atoms with E-state index in [-0.39, 0.29) is 41.7 Å². The fourth-order valence-electron chi connectivity index (χ4n) is 6.08. The Labute approximate surface area is 198 Å². The Hall–Kier alpha value is -3.73. The second-order valence-corrected chi connectivity index (χ2v) is 9.79. The topological polar surface area (TPSA) is 63.7 Å². The minimum atomic E-state index is -0.519. The van der Waals surface area contributed by atoms with Crippen LogP contribution in [0.4, 0.5) is 5.69 Å². The van der Waals surface area contributed by atoms with Crippen LogP contribution in [0, 0.1) is 17.8 Å². The van der Waals surface area contributed by atoms with Crippen molar-refractivity contribution in [1.82, 2.24) is 0 Å². The molecule has 0 N–H and O–H groups in total. The third kappa shape index (κ3) is 2.82. The van der Waals surface area contributed by atoms with E-state index in [0.717, 1.165) is 22.3 Å². The highest BCUT2D eigenvalue weighted by Gasteiger charge is 2.62. The van der Waals surface area contributed by atoms with Gasteiger partial charge in [-0.2, -0.15) is 0 Å². The predicted molar refractivity (Wildman–Crippen MR) is 128 cm³/mol. The molecule has 0 aromatic heterocycles. The van der Waals surface area contributed by atoms with Crippen LogP contribution < -0.4 is 4.90 Å². The molecule has 1 aliphatic heterocycles. The SMILES string of the molecule is CC(C)COC(=O)c1ccccc1N1C(=O)[C@@H]2C3c4ccccc4C(c4ccccc43)[C@@H]2C1=O. The van der Waals surface area contributed by atoms with Crippen LogP contribution in [0.5, 0.6) is 0 Å². The number of imide groups is 1. The van der Waals surface area contributed by atoms with Crippen molar-refractivity contribution in [3.8, 4) is 0 Å². The number of carbonyl (C=O) groups excluding carboxylic acids is 3. The molecule has 2 atom stereocenters. The third-order valence-electron chi connectivity index (χ3n) is 7.36. The number of ether oxygens (including phenoxy) is 1. The van der Waals surface area contributed by atoms with Gasteiger partial charge in [-0.05, 0) is 40.3 Å². The molecule has 0 spiro atoms. The molecule has 0 saturated carbocycles. The number of hydrogen-bond acceptors (Lipinski definition) is 4. The summed E-state index contributed by atoms with van der Waals surface area (Å²) < 4.78 is 5.45. The Kier molecular flexibility index (Phi) is 4.70. The predicted octanol–water partition coefficient (Wildman–Crippen LogP) is 4.90. The molecule has 3 aromatic rings. The second-order valence-electron chi connectivity index (χ2n) is 9.79. The number of amides is 2. The molecule has 2 amide bonds. The lowest BCUT2D eigenvalue weighted by Crippen LogP contribution is -2.41. The molecule has 1 fully saturated rings. The molecular formula is C29H25NO4. The average molecular weight is 452 g/mol. The number of carbonyl (C=O) groups is 3. The van der Waals surface area contributed by atoms with Crippen LogP contribution in [-0.2, 0) is 14.3 Å². The maximum Gasteiger partial charge on any atom is 0.340 e. The van der Waals surface area contributed by atoms with E-state index >= 15 is 0 Å². The molecule has 5 heteroatoms. The summed E-state index contributed by atoms with van der Waals surface area (Å²) in [6.45, 7) is 4.19. The number of benzene rings is 3. The van der Waals surface area contributed by atoms with Gasteiger partial charge in [0, 0.05) is 11.8 Å². The average Bonchev–Trinajstić information content (AvgIpc) is 3.13. The van der Waals surface area contributed by atoms with Crippen molar-refractivity contribution in [3.63, 3.8) is 0 Å². The summed E-state index contributed by atoms with van der Waals surface area (Å²) in [6.07, 6.45) is 0. The van der Waals surface area contributed by atoms with Gasteiger partial charge in [-0.3, -0.25) is 9.59 Å². The monoisotopic (exact) mass is 451 g/mol. The van der Waals surface area contributed by atoms with E-state index in [0.29, 0.717) is 5.69 Å². The van der Waals surface area contributed by atoms with E-state index in [1.54, 1.807) is 24.3 Å². The molecule has 1 heterocycles. The van der Waals surface area contributed by atoms with Crippen molar-refractivity contribution in [2.45, 2.75) is 25.7 Å². The largest absolute Gasteiger partial charge is 0.462 e. The van der Waals surface area contributed by atoms with E-state index in [4.69, 9.17) is 4.74 Å². The standard InChI is InChI=1S/C29H25NO4/c1-16(2)15-34-29(33)21-13-7-8-14-22(21)30-27(31)25-23-17-9-3-4-10-18(17)24(26(25)28(30)32)20-12-6-5-11-19(20)23/h3-14,16,23-26H,15H2,1-2H3/t23?,24?,25-,26+. The first-order valence-corrected chi connectivity index (χ1v) is 11.8. The van der Waals surface area contributed by atoms with Gasteiger partial charge in [0.15, 0.2) is 0 Å². The number of nitrogens with zero attached hydrogens (tertiary/aromatic N) is 1. The van der Waals surface area contributed by atoms with Crippen molar-refractivity contribution < 1.29 is 19.1 Å². The Balaban J connectivity index is 1.46. The Morgan fingerprint density at radius 3 is 1.68 bits per heavy atom. The number of anilines is 1. The van der Waals surface area contributed by atoms with Crippen LogP contribution in [0.25, 0.3) is 0 Å². The molecule has 1 saturated heterocycles. The summed E-state index contributed by atoms with van der Waals surface area (Å²) in [6, 6.07) is 23.1. The zero-order valence-corrected chi connectivity index (χ0v) is 19.1.